The average Bonchev–Trinajstić information content (AvgIpc) is 2.86. The molecule has 34 heavy (non-hydrogen) atoms. The molecule has 0 heterocycles. The fraction of sp³-hybridized carbons (Fsp3) is 0.250. The summed E-state index contributed by atoms with van der Waals surface area (Å²) in [5.41, 5.74) is 10.5. The van der Waals surface area contributed by atoms with Crippen LogP contribution in [0.15, 0.2) is 84.9 Å². The smallest absolute Gasteiger partial charge is 0.130 e. The third-order valence-electron chi connectivity index (χ3n) is 8.18. The van der Waals surface area contributed by atoms with Crippen LogP contribution in [0.5, 0.6) is 0 Å². The molecule has 0 N–H and O–H groups in total. The molecular formula is C32H28ClF. The van der Waals surface area contributed by atoms with E-state index in [9.17, 15) is 0 Å². The van der Waals surface area contributed by atoms with Crippen LogP contribution in [-0.2, 0) is 11.8 Å². The number of rotatable bonds is 2. The van der Waals surface area contributed by atoms with Gasteiger partial charge in [0.15, 0.2) is 0 Å². The van der Waals surface area contributed by atoms with Gasteiger partial charge in [0.2, 0.25) is 0 Å². The molecule has 0 amide bonds. The molecule has 3 unspecified atom stereocenters. The second-order valence-corrected chi connectivity index (χ2v) is 10.4. The Balaban J connectivity index is 1.68. The van der Waals surface area contributed by atoms with Gasteiger partial charge in [-0.05, 0) is 87.9 Å². The number of aryl methyl sites for hydroxylation is 1. The Morgan fingerprint density at radius 2 is 1.56 bits per heavy atom. The molecule has 0 nitrogen and oxygen atoms in total. The van der Waals surface area contributed by atoms with E-state index in [-0.39, 0.29) is 5.41 Å². The Morgan fingerprint density at radius 3 is 2.35 bits per heavy atom. The van der Waals surface area contributed by atoms with E-state index in [1.54, 1.807) is 0 Å². The van der Waals surface area contributed by atoms with Gasteiger partial charge in [-0.25, -0.2) is 4.39 Å². The minimum atomic E-state index is -0.965. The van der Waals surface area contributed by atoms with Crippen molar-refractivity contribution < 1.29 is 4.39 Å². The minimum absolute atomic E-state index is 0.282. The van der Waals surface area contributed by atoms with Gasteiger partial charge in [-0.1, -0.05) is 91.3 Å². The first-order valence-electron chi connectivity index (χ1n) is 12.2. The van der Waals surface area contributed by atoms with E-state index < -0.39 is 6.17 Å². The number of benzene rings is 4. The van der Waals surface area contributed by atoms with Gasteiger partial charge in [-0.3, -0.25) is 0 Å². The molecule has 2 heteroatoms. The van der Waals surface area contributed by atoms with Crippen LogP contribution in [0.3, 0.4) is 0 Å². The van der Waals surface area contributed by atoms with Crippen LogP contribution in [-0.4, -0.2) is 0 Å². The Hall–Kier alpha value is -2.90. The van der Waals surface area contributed by atoms with E-state index >= 15 is 4.39 Å². The summed E-state index contributed by atoms with van der Waals surface area (Å²) in [6.07, 6.45) is 1.55. The van der Waals surface area contributed by atoms with E-state index in [1.165, 1.54) is 38.9 Å². The summed E-state index contributed by atoms with van der Waals surface area (Å²) in [7, 11) is 0. The lowest BCUT2D eigenvalue weighted by Crippen LogP contribution is -2.36. The van der Waals surface area contributed by atoms with Gasteiger partial charge in [0.1, 0.15) is 6.17 Å². The first kappa shape index (κ1) is 21.6. The standard InChI is InChI=1S/C32H28ClF/c1-20-7-3-6-10-28(20)32(22-11-13-23(33)14-12-22)18-17-21(2)31-27-19-30(34)26-9-5-4-8-24(26)25(27)15-16-29(31)32/h3-16,21,30H,17-19H2,1-2H3. The molecule has 0 radical (unpaired) electrons. The van der Waals surface area contributed by atoms with Crippen LogP contribution in [0.25, 0.3) is 11.1 Å². The van der Waals surface area contributed by atoms with Crippen molar-refractivity contribution in [3.05, 3.63) is 129 Å². The van der Waals surface area contributed by atoms with Crippen molar-refractivity contribution in [2.24, 2.45) is 0 Å². The lowest BCUT2D eigenvalue weighted by Gasteiger charge is -2.45. The van der Waals surface area contributed by atoms with Gasteiger partial charge < -0.3 is 0 Å². The molecule has 0 aliphatic heterocycles. The quantitative estimate of drug-likeness (QED) is 0.276. The van der Waals surface area contributed by atoms with Crippen molar-refractivity contribution in [2.75, 3.05) is 0 Å². The molecule has 2 aliphatic carbocycles. The van der Waals surface area contributed by atoms with E-state index in [0.717, 1.165) is 29.0 Å². The van der Waals surface area contributed by atoms with E-state index in [0.29, 0.717) is 12.3 Å². The molecule has 0 saturated heterocycles. The molecule has 0 bridgehead atoms. The summed E-state index contributed by atoms with van der Waals surface area (Å²) in [4.78, 5) is 0. The first-order valence-corrected chi connectivity index (χ1v) is 12.6. The molecule has 0 spiro atoms. The van der Waals surface area contributed by atoms with E-state index in [2.05, 4.69) is 68.4 Å². The summed E-state index contributed by atoms with van der Waals surface area (Å²) in [6.45, 7) is 4.52. The second-order valence-electron chi connectivity index (χ2n) is 9.98. The van der Waals surface area contributed by atoms with E-state index in [1.807, 2.05) is 30.3 Å². The van der Waals surface area contributed by atoms with Crippen LogP contribution in [0.1, 0.15) is 70.8 Å². The zero-order valence-electron chi connectivity index (χ0n) is 19.6. The number of halogens is 2. The van der Waals surface area contributed by atoms with Crippen LogP contribution in [0, 0.1) is 6.92 Å². The molecule has 0 fully saturated rings. The predicted molar refractivity (Wildman–Crippen MR) is 140 cm³/mol. The van der Waals surface area contributed by atoms with Crippen molar-refractivity contribution in [3.63, 3.8) is 0 Å². The predicted octanol–water partition coefficient (Wildman–Crippen LogP) is 9.11. The van der Waals surface area contributed by atoms with Crippen LogP contribution >= 0.6 is 11.6 Å². The highest BCUT2D eigenvalue weighted by Crippen LogP contribution is 2.55. The van der Waals surface area contributed by atoms with Gasteiger partial charge in [-0.15, -0.1) is 0 Å². The minimum Gasteiger partial charge on any atom is -0.242 e. The molecule has 3 atom stereocenters. The Morgan fingerprint density at radius 1 is 0.824 bits per heavy atom. The fourth-order valence-corrected chi connectivity index (χ4v) is 6.74. The van der Waals surface area contributed by atoms with Crippen molar-refractivity contribution in [3.8, 4) is 11.1 Å². The fourth-order valence-electron chi connectivity index (χ4n) is 6.61. The summed E-state index contributed by atoms with van der Waals surface area (Å²) in [5, 5.41) is 0.746. The zero-order chi connectivity index (χ0) is 23.4. The van der Waals surface area contributed by atoms with Gasteiger partial charge in [0.05, 0.1) is 0 Å². The Bertz CT molecular complexity index is 1390. The number of alkyl halides is 1. The first-order chi connectivity index (χ1) is 16.5. The normalized spacial score (nSPS) is 23.1. The van der Waals surface area contributed by atoms with Crippen LogP contribution in [0.4, 0.5) is 4.39 Å². The highest BCUT2D eigenvalue weighted by molar-refractivity contribution is 6.30. The second kappa shape index (κ2) is 8.10. The zero-order valence-corrected chi connectivity index (χ0v) is 20.4. The van der Waals surface area contributed by atoms with Gasteiger partial charge in [0.25, 0.3) is 0 Å². The average molecular weight is 467 g/mol. The monoisotopic (exact) mass is 466 g/mol. The van der Waals surface area contributed by atoms with Gasteiger partial charge >= 0.3 is 0 Å². The van der Waals surface area contributed by atoms with Crippen LogP contribution < -0.4 is 0 Å². The van der Waals surface area contributed by atoms with Crippen molar-refractivity contribution >= 4 is 11.6 Å². The van der Waals surface area contributed by atoms with Gasteiger partial charge in [-0.2, -0.15) is 0 Å². The Kier molecular flexibility index (Phi) is 5.15. The third kappa shape index (κ3) is 3.10. The maximum Gasteiger partial charge on any atom is 0.130 e. The Labute approximate surface area is 206 Å². The molecule has 4 aromatic rings. The summed E-state index contributed by atoms with van der Waals surface area (Å²) >= 11 is 6.31. The van der Waals surface area contributed by atoms with Crippen molar-refractivity contribution in [1.82, 2.24) is 0 Å². The van der Waals surface area contributed by atoms with Crippen LogP contribution in [0.2, 0.25) is 5.02 Å². The van der Waals surface area contributed by atoms with Gasteiger partial charge in [0, 0.05) is 16.9 Å². The topological polar surface area (TPSA) is 0 Å². The maximum atomic E-state index is 15.5. The lowest BCUT2D eigenvalue weighted by molar-refractivity contribution is 0.337. The van der Waals surface area contributed by atoms with E-state index in [4.69, 9.17) is 11.6 Å². The molecule has 2 aliphatic rings. The highest BCUT2D eigenvalue weighted by atomic mass is 35.5. The lowest BCUT2D eigenvalue weighted by atomic mass is 9.58. The largest absolute Gasteiger partial charge is 0.242 e. The SMILES string of the molecule is Cc1ccccc1C1(c2ccc(Cl)cc2)CCC(C)c2c1ccc1c2CC(F)c2ccccc2-1. The summed E-state index contributed by atoms with van der Waals surface area (Å²) in [5.74, 6) is 0.381. The molecule has 0 aromatic heterocycles. The molecule has 4 aromatic carbocycles. The number of hydrogen-bond donors (Lipinski definition) is 0. The number of fused-ring (bicyclic) bond motifs is 5. The summed E-state index contributed by atoms with van der Waals surface area (Å²) < 4.78 is 15.5. The van der Waals surface area contributed by atoms with Crippen molar-refractivity contribution in [2.45, 2.75) is 50.6 Å². The number of hydrogen-bond acceptors (Lipinski definition) is 0. The molecule has 0 saturated carbocycles. The third-order valence-corrected chi connectivity index (χ3v) is 8.43. The summed E-state index contributed by atoms with van der Waals surface area (Å²) in [6, 6.07) is 29.7. The maximum absolute atomic E-state index is 15.5. The molecule has 6 rings (SSSR count). The highest BCUT2D eigenvalue weighted by Gasteiger charge is 2.44. The molecule has 170 valence electrons. The molecular weight excluding hydrogens is 439 g/mol. The van der Waals surface area contributed by atoms with Crippen molar-refractivity contribution in [1.29, 1.82) is 0 Å².